The lowest BCUT2D eigenvalue weighted by atomic mass is 10.1. The number of rotatable bonds is 5. The van der Waals surface area contributed by atoms with Crippen LogP contribution < -0.4 is 4.90 Å². The first-order chi connectivity index (χ1) is 9.15. The normalized spacial score (nSPS) is 11.5. The van der Waals surface area contributed by atoms with E-state index in [2.05, 4.69) is 0 Å². The first kappa shape index (κ1) is 16.8. The van der Waals surface area contributed by atoms with Gasteiger partial charge in [0.25, 0.3) is 0 Å². The van der Waals surface area contributed by atoms with Crippen LogP contribution in [0.4, 0.5) is 5.00 Å². The molecule has 20 heavy (non-hydrogen) atoms. The maximum absolute atomic E-state index is 11.7. The van der Waals surface area contributed by atoms with Gasteiger partial charge in [0.15, 0.2) is 6.04 Å². The fourth-order valence-corrected chi connectivity index (χ4v) is 3.09. The molecule has 6 heteroatoms. The Balaban J connectivity index is 0.00000200. The van der Waals surface area contributed by atoms with Gasteiger partial charge in [-0.05, 0) is 30.5 Å². The van der Waals surface area contributed by atoms with Crippen LogP contribution in [0.5, 0.6) is 0 Å². The number of carbonyl (C=O) groups is 1. The van der Waals surface area contributed by atoms with Gasteiger partial charge in [0.1, 0.15) is 0 Å². The number of aliphatic carboxylic acids is 1. The molecule has 1 aromatic carbocycles. The Labute approximate surface area is 133 Å². The van der Waals surface area contributed by atoms with E-state index in [-0.39, 0.29) is 12.4 Å². The van der Waals surface area contributed by atoms with E-state index in [1.807, 2.05) is 29.3 Å². The Kier molecular flexibility index (Phi) is 6.33. The third kappa shape index (κ3) is 3.45. The molecule has 0 bridgehead atoms. The number of carboxylic acid groups (broad SMARTS) is 1. The molecule has 0 amide bonds. The van der Waals surface area contributed by atoms with Crippen molar-refractivity contribution in [3.63, 3.8) is 0 Å². The molecule has 0 unspecified atom stereocenters. The highest BCUT2D eigenvalue weighted by Gasteiger charge is 2.28. The van der Waals surface area contributed by atoms with E-state index in [1.54, 1.807) is 24.3 Å². The largest absolute Gasteiger partial charge is 0.479 e. The third-order valence-corrected chi connectivity index (χ3v) is 4.12. The van der Waals surface area contributed by atoms with E-state index in [0.29, 0.717) is 17.1 Å². The van der Waals surface area contributed by atoms with Crippen molar-refractivity contribution in [1.82, 2.24) is 0 Å². The maximum Gasteiger partial charge on any atom is 0.331 e. The molecular formula is C14H15Cl2NO2S. The number of carboxylic acids is 1. The van der Waals surface area contributed by atoms with Gasteiger partial charge in [-0.15, -0.1) is 23.7 Å². The minimum absolute atomic E-state index is 0. The topological polar surface area (TPSA) is 40.5 Å². The summed E-state index contributed by atoms with van der Waals surface area (Å²) in [6, 6.07) is 10.1. The lowest BCUT2D eigenvalue weighted by Crippen LogP contribution is -2.33. The standard InChI is InChI=1S/C14H14ClNO2S.ClH/c1-2-16(12-8-5-9-19-12)13(14(17)18)10-6-3-4-7-11(10)15;/h3-9,13H,2H2,1H3,(H,17,18);1H/t13-;/m0./s1. The summed E-state index contributed by atoms with van der Waals surface area (Å²) in [6.07, 6.45) is 0. The van der Waals surface area contributed by atoms with E-state index >= 15 is 0 Å². The van der Waals surface area contributed by atoms with Crippen molar-refractivity contribution in [3.05, 3.63) is 52.4 Å². The molecule has 3 nitrogen and oxygen atoms in total. The molecule has 1 heterocycles. The number of nitrogens with zero attached hydrogens (tertiary/aromatic N) is 1. The lowest BCUT2D eigenvalue weighted by molar-refractivity contribution is -0.138. The highest BCUT2D eigenvalue weighted by Crippen LogP contribution is 2.33. The van der Waals surface area contributed by atoms with Crippen LogP contribution in [0.3, 0.4) is 0 Å². The molecule has 0 spiro atoms. The van der Waals surface area contributed by atoms with Gasteiger partial charge in [-0.25, -0.2) is 4.79 Å². The molecule has 0 aliphatic carbocycles. The second-order valence-electron chi connectivity index (χ2n) is 4.00. The van der Waals surface area contributed by atoms with Crippen molar-refractivity contribution in [2.24, 2.45) is 0 Å². The molecule has 0 radical (unpaired) electrons. The molecule has 1 aromatic heterocycles. The molecule has 0 saturated carbocycles. The minimum Gasteiger partial charge on any atom is -0.479 e. The van der Waals surface area contributed by atoms with Gasteiger partial charge in [0, 0.05) is 17.1 Å². The van der Waals surface area contributed by atoms with Gasteiger partial charge in [0.2, 0.25) is 0 Å². The summed E-state index contributed by atoms with van der Waals surface area (Å²) in [4.78, 5) is 13.5. The highest BCUT2D eigenvalue weighted by atomic mass is 35.5. The third-order valence-electron chi connectivity index (χ3n) is 2.88. The van der Waals surface area contributed by atoms with E-state index in [9.17, 15) is 9.90 Å². The minimum atomic E-state index is -0.900. The summed E-state index contributed by atoms with van der Waals surface area (Å²) in [6.45, 7) is 2.54. The van der Waals surface area contributed by atoms with Crippen molar-refractivity contribution in [3.8, 4) is 0 Å². The molecule has 2 rings (SSSR count). The van der Waals surface area contributed by atoms with Crippen LogP contribution in [0.1, 0.15) is 18.5 Å². The van der Waals surface area contributed by atoms with Crippen molar-refractivity contribution in [2.45, 2.75) is 13.0 Å². The number of halogens is 2. The van der Waals surface area contributed by atoms with Crippen molar-refractivity contribution in [2.75, 3.05) is 11.4 Å². The van der Waals surface area contributed by atoms with Gasteiger partial charge in [0.05, 0.1) is 5.00 Å². The van der Waals surface area contributed by atoms with Crippen LogP contribution >= 0.6 is 35.3 Å². The molecule has 0 aliphatic rings. The van der Waals surface area contributed by atoms with Gasteiger partial charge < -0.3 is 10.0 Å². The van der Waals surface area contributed by atoms with Gasteiger partial charge in [-0.2, -0.15) is 0 Å². The fourth-order valence-electron chi connectivity index (χ4n) is 2.03. The van der Waals surface area contributed by atoms with Crippen LogP contribution in [0.15, 0.2) is 41.8 Å². The average molecular weight is 332 g/mol. The van der Waals surface area contributed by atoms with E-state index in [1.165, 1.54) is 11.3 Å². The predicted octanol–water partition coefficient (Wildman–Crippen LogP) is 4.48. The second-order valence-corrected chi connectivity index (χ2v) is 5.33. The summed E-state index contributed by atoms with van der Waals surface area (Å²) in [5, 5.41) is 12.9. The Morgan fingerprint density at radius 2 is 2.05 bits per heavy atom. The predicted molar refractivity (Wildman–Crippen MR) is 86.4 cm³/mol. The number of hydrogen-bond acceptors (Lipinski definition) is 3. The zero-order valence-electron chi connectivity index (χ0n) is 10.8. The number of likely N-dealkylation sites (N-methyl/N-ethyl adjacent to an activating group) is 1. The molecule has 0 saturated heterocycles. The highest BCUT2D eigenvalue weighted by molar-refractivity contribution is 7.14. The number of benzene rings is 1. The SMILES string of the molecule is CCN(c1cccs1)[C@H](C(=O)O)c1ccccc1Cl.Cl. The molecule has 108 valence electrons. The summed E-state index contributed by atoms with van der Waals surface area (Å²) in [7, 11) is 0. The first-order valence-corrected chi connectivity index (χ1v) is 7.18. The van der Waals surface area contributed by atoms with E-state index in [4.69, 9.17) is 11.6 Å². The molecule has 1 N–H and O–H groups in total. The fraction of sp³-hybridized carbons (Fsp3) is 0.214. The van der Waals surface area contributed by atoms with Crippen molar-refractivity contribution in [1.29, 1.82) is 0 Å². The molecule has 0 fully saturated rings. The van der Waals surface area contributed by atoms with Gasteiger partial charge >= 0.3 is 5.97 Å². The summed E-state index contributed by atoms with van der Waals surface area (Å²) in [5.74, 6) is -0.900. The van der Waals surface area contributed by atoms with Gasteiger partial charge in [-0.1, -0.05) is 29.8 Å². The average Bonchev–Trinajstić information content (AvgIpc) is 2.90. The first-order valence-electron chi connectivity index (χ1n) is 5.92. The number of hydrogen-bond donors (Lipinski definition) is 1. The second kappa shape index (κ2) is 7.53. The van der Waals surface area contributed by atoms with Crippen LogP contribution in [-0.4, -0.2) is 17.6 Å². The zero-order valence-corrected chi connectivity index (χ0v) is 13.2. The Hall–Kier alpha value is -1.23. The monoisotopic (exact) mass is 331 g/mol. The lowest BCUT2D eigenvalue weighted by Gasteiger charge is -2.29. The van der Waals surface area contributed by atoms with Gasteiger partial charge in [-0.3, -0.25) is 0 Å². The van der Waals surface area contributed by atoms with Crippen molar-refractivity contribution >= 4 is 46.3 Å². The molecule has 2 aromatic rings. The van der Waals surface area contributed by atoms with Crippen molar-refractivity contribution < 1.29 is 9.90 Å². The molecule has 1 atom stereocenters. The van der Waals surface area contributed by atoms with E-state index < -0.39 is 12.0 Å². The quantitative estimate of drug-likeness (QED) is 0.878. The van der Waals surface area contributed by atoms with Crippen LogP contribution in [0, 0.1) is 0 Å². The Morgan fingerprint density at radius 3 is 2.55 bits per heavy atom. The van der Waals surface area contributed by atoms with Crippen LogP contribution in [-0.2, 0) is 4.79 Å². The zero-order chi connectivity index (χ0) is 13.8. The summed E-state index contributed by atoms with van der Waals surface area (Å²) < 4.78 is 0. The maximum atomic E-state index is 11.7. The molecule has 0 aliphatic heterocycles. The summed E-state index contributed by atoms with van der Waals surface area (Å²) >= 11 is 7.66. The Bertz CT molecular complexity index is 560. The number of thiophene rings is 1. The van der Waals surface area contributed by atoms with E-state index in [0.717, 1.165) is 5.00 Å². The van der Waals surface area contributed by atoms with Crippen LogP contribution in [0.2, 0.25) is 5.02 Å². The summed E-state index contributed by atoms with van der Waals surface area (Å²) in [5.41, 5.74) is 0.618. The number of anilines is 1. The van der Waals surface area contributed by atoms with Crippen LogP contribution in [0.25, 0.3) is 0 Å². The Morgan fingerprint density at radius 1 is 1.35 bits per heavy atom. The smallest absolute Gasteiger partial charge is 0.331 e. The molecular weight excluding hydrogens is 317 g/mol.